The van der Waals surface area contributed by atoms with Crippen LogP contribution in [-0.4, -0.2) is 29.0 Å². The number of nitrogens with one attached hydrogen (secondary N) is 1. The molecule has 0 bridgehead atoms. The largest absolute Gasteiger partial charge is 0.380 e. The summed E-state index contributed by atoms with van der Waals surface area (Å²) in [6, 6.07) is 0.512. The Morgan fingerprint density at radius 3 is 2.94 bits per heavy atom. The smallest absolute Gasteiger partial charge is 0.0620 e. The van der Waals surface area contributed by atoms with Crippen molar-refractivity contribution in [1.29, 1.82) is 0 Å². The lowest BCUT2D eigenvalue weighted by molar-refractivity contribution is 0.190. The third-order valence-corrected chi connectivity index (χ3v) is 2.85. The molecule has 4 heteroatoms. The number of hydrogen-bond acceptors (Lipinski definition) is 3. The molecular weight excluding hydrogens is 202 g/mol. The molecule has 1 N–H and O–H groups in total. The summed E-state index contributed by atoms with van der Waals surface area (Å²) in [7, 11) is 0. The average molecular weight is 223 g/mol. The maximum atomic E-state index is 5.32. The van der Waals surface area contributed by atoms with Gasteiger partial charge in [-0.25, -0.2) is 0 Å². The van der Waals surface area contributed by atoms with E-state index in [2.05, 4.69) is 37.4 Å². The minimum atomic E-state index is 0.0642. The molecule has 90 valence electrons. The van der Waals surface area contributed by atoms with E-state index < -0.39 is 0 Å². The Morgan fingerprint density at radius 2 is 2.38 bits per heavy atom. The highest BCUT2D eigenvalue weighted by Gasteiger charge is 2.16. The molecule has 1 aromatic rings. The van der Waals surface area contributed by atoms with Crippen LogP contribution in [0.1, 0.15) is 32.8 Å². The van der Waals surface area contributed by atoms with Gasteiger partial charge in [0.15, 0.2) is 0 Å². The lowest BCUT2D eigenvalue weighted by Gasteiger charge is -2.18. The van der Waals surface area contributed by atoms with Crippen LogP contribution in [0.2, 0.25) is 0 Å². The van der Waals surface area contributed by atoms with Crippen LogP contribution in [0.5, 0.6) is 0 Å². The number of ether oxygens (including phenoxy) is 1. The standard InChI is InChI=1S/C12H21N3O/c1-12(2,3)15-8-10(7-14-15)6-13-11-4-5-16-9-11/h7-8,11,13H,4-6,9H2,1-3H3. The van der Waals surface area contributed by atoms with Crippen molar-refractivity contribution in [3.8, 4) is 0 Å². The van der Waals surface area contributed by atoms with E-state index in [9.17, 15) is 0 Å². The molecule has 0 aliphatic carbocycles. The summed E-state index contributed by atoms with van der Waals surface area (Å²) >= 11 is 0. The van der Waals surface area contributed by atoms with Crippen molar-refractivity contribution < 1.29 is 4.74 Å². The molecule has 1 saturated heterocycles. The minimum Gasteiger partial charge on any atom is -0.380 e. The second-order valence-electron chi connectivity index (χ2n) is 5.41. The Morgan fingerprint density at radius 1 is 1.56 bits per heavy atom. The van der Waals surface area contributed by atoms with Crippen LogP contribution in [-0.2, 0) is 16.8 Å². The highest BCUT2D eigenvalue weighted by Crippen LogP contribution is 2.13. The summed E-state index contributed by atoms with van der Waals surface area (Å²) in [5, 5.41) is 7.86. The average Bonchev–Trinajstić information content (AvgIpc) is 2.85. The molecule has 0 aromatic carbocycles. The molecule has 16 heavy (non-hydrogen) atoms. The first kappa shape index (κ1) is 11.6. The van der Waals surface area contributed by atoms with E-state index in [0.717, 1.165) is 26.2 Å². The van der Waals surface area contributed by atoms with Crippen molar-refractivity contribution in [2.24, 2.45) is 0 Å². The Balaban J connectivity index is 1.87. The first-order valence-corrected chi connectivity index (χ1v) is 5.91. The fourth-order valence-corrected chi connectivity index (χ4v) is 1.78. The van der Waals surface area contributed by atoms with Gasteiger partial charge in [-0.1, -0.05) is 0 Å². The summed E-state index contributed by atoms with van der Waals surface area (Å²) in [5.41, 5.74) is 1.30. The quantitative estimate of drug-likeness (QED) is 0.844. The van der Waals surface area contributed by atoms with Crippen LogP contribution in [0.4, 0.5) is 0 Å². The number of nitrogens with zero attached hydrogens (tertiary/aromatic N) is 2. The maximum Gasteiger partial charge on any atom is 0.0620 e. The Kier molecular flexibility index (Phi) is 3.30. The summed E-state index contributed by atoms with van der Waals surface area (Å²) < 4.78 is 7.33. The molecule has 1 aliphatic heterocycles. The molecule has 2 rings (SSSR count). The van der Waals surface area contributed by atoms with E-state index >= 15 is 0 Å². The molecule has 0 spiro atoms. The van der Waals surface area contributed by atoms with Crippen molar-refractivity contribution in [1.82, 2.24) is 15.1 Å². The van der Waals surface area contributed by atoms with E-state index in [1.165, 1.54) is 5.56 Å². The SMILES string of the molecule is CC(C)(C)n1cc(CNC2CCOC2)cn1. The number of hydrogen-bond donors (Lipinski definition) is 1. The molecule has 1 aromatic heterocycles. The van der Waals surface area contributed by atoms with Gasteiger partial charge in [0.05, 0.1) is 18.3 Å². The fourth-order valence-electron chi connectivity index (χ4n) is 1.78. The molecule has 1 fully saturated rings. The maximum absolute atomic E-state index is 5.32. The molecule has 0 saturated carbocycles. The van der Waals surface area contributed by atoms with E-state index in [1.807, 2.05) is 10.9 Å². The summed E-state index contributed by atoms with van der Waals surface area (Å²) in [6.45, 7) is 9.07. The Hall–Kier alpha value is -0.870. The zero-order valence-electron chi connectivity index (χ0n) is 10.4. The first-order chi connectivity index (χ1) is 7.55. The Bertz CT molecular complexity index is 334. The second kappa shape index (κ2) is 4.55. The van der Waals surface area contributed by atoms with Gasteiger partial charge in [0.25, 0.3) is 0 Å². The summed E-state index contributed by atoms with van der Waals surface area (Å²) in [4.78, 5) is 0. The molecule has 1 unspecified atom stereocenters. The summed E-state index contributed by atoms with van der Waals surface area (Å²) in [6.07, 6.45) is 5.17. The molecule has 0 radical (unpaired) electrons. The molecule has 1 atom stereocenters. The van der Waals surface area contributed by atoms with Gasteiger partial charge >= 0.3 is 0 Å². The highest BCUT2D eigenvalue weighted by atomic mass is 16.5. The van der Waals surface area contributed by atoms with Gasteiger partial charge in [0, 0.05) is 31.0 Å². The van der Waals surface area contributed by atoms with Gasteiger partial charge in [0.1, 0.15) is 0 Å². The minimum absolute atomic E-state index is 0.0642. The van der Waals surface area contributed by atoms with E-state index in [-0.39, 0.29) is 5.54 Å². The van der Waals surface area contributed by atoms with Crippen LogP contribution in [0.3, 0.4) is 0 Å². The predicted octanol–water partition coefficient (Wildman–Crippen LogP) is 1.52. The zero-order chi connectivity index (χ0) is 11.6. The van der Waals surface area contributed by atoms with E-state index in [1.54, 1.807) is 0 Å². The van der Waals surface area contributed by atoms with Gasteiger partial charge < -0.3 is 10.1 Å². The predicted molar refractivity (Wildman–Crippen MR) is 63.3 cm³/mol. The zero-order valence-corrected chi connectivity index (χ0v) is 10.4. The second-order valence-corrected chi connectivity index (χ2v) is 5.41. The van der Waals surface area contributed by atoms with E-state index in [0.29, 0.717) is 6.04 Å². The molecule has 2 heterocycles. The van der Waals surface area contributed by atoms with Gasteiger partial charge in [-0.2, -0.15) is 5.10 Å². The normalized spacial score (nSPS) is 21.6. The van der Waals surface area contributed by atoms with Crippen LogP contribution in [0.15, 0.2) is 12.4 Å². The first-order valence-electron chi connectivity index (χ1n) is 5.91. The van der Waals surface area contributed by atoms with Gasteiger partial charge in [0.2, 0.25) is 0 Å². The lowest BCUT2D eigenvalue weighted by atomic mass is 10.1. The van der Waals surface area contributed by atoms with Crippen LogP contribution in [0.25, 0.3) is 0 Å². The van der Waals surface area contributed by atoms with Crippen LogP contribution >= 0.6 is 0 Å². The highest BCUT2D eigenvalue weighted by molar-refractivity contribution is 5.05. The van der Waals surface area contributed by atoms with Crippen molar-refractivity contribution in [2.75, 3.05) is 13.2 Å². The van der Waals surface area contributed by atoms with E-state index in [4.69, 9.17) is 4.74 Å². The number of aromatic nitrogens is 2. The van der Waals surface area contributed by atoms with Gasteiger partial charge in [-0.05, 0) is 27.2 Å². The monoisotopic (exact) mass is 223 g/mol. The van der Waals surface area contributed by atoms with Gasteiger partial charge in [-0.15, -0.1) is 0 Å². The molecular formula is C12H21N3O. The van der Waals surface area contributed by atoms with Crippen molar-refractivity contribution in [3.63, 3.8) is 0 Å². The van der Waals surface area contributed by atoms with Crippen LogP contribution < -0.4 is 5.32 Å². The molecule has 1 aliphatic rings. The van der Waals surface area contributed by atoms with Crippen molar-refractivity contribution in [3.05, 3.63) is 18.0 Å². The summed E-state index contributed by atoms with van der Waals surface area (Å²) in [5.74, 6) is 0. The van der Waals surface area contributed by atoms with Crippen molar-refractivity contribution in [2.45, 2.75) is 45.3 Å². The van der Waals surface area contributed by atoms with Gasteiger partial charge in [-0.3, -0.25) is 4.68 Å². The molecule has 4 nitrogen and oxygen atoms in total. The van der Waals surface area contributed by atoms with Crippen molar-refractivity contribution >= 4 is 0 Å². The molecule has 0 amide bonds. The topological polar surface area (TPSA) is 39.1 Å². The fraction of sp³-hybridized carbons (Fsp3) is 0.750. The third kappa shape index (κ3) is 2.83. The lowest BCUT2D eigenvalue weighted by Crippen LogP contribution is -2.28. The number of rotatable bonds is 3. The van der Waals surface area contributed by atoms with Crippen LogP contribution in [0, 0.1) is 0 Å². The Labute approximate surface area is 97.0 Å². The third-order valence-electron chi connectivity index (χ3n) is 2.85.